The second kappa shape index (κ2) is 4.92. The first-order chi connectivity index (χ1) is 7.27. The van der Waals surface area contributed by atoms with E-state index < -0.39 is 0 Å². The number of halogens is 1. The van der Waals surface area contributed by atoms with E-state index in [1.807, 2.05) is 0 Å². The molecule has 1 saturated carbocycles. The Labute approximate surface area is 98.8 Å². The molecule has 1 aliphatic carbocycles. The molecular weight excluding hydrogens is 254 g/mol. The summed E-state index contributed by atoms with van der Waals surface area (Å²) < 4.78 is 0.940. The molecule has 0 aliphatic heterocycles. The lowest BCUT2D eigenvalue weighted by Gasteiger charge is -2.21. The topological polar surface area (TPSA) is 37.8 Å². The molecule has 1 fully saturated rings. The number of hydrogen-bond donors (Lipinski definition) is 1. The van der Waals surface area contributed by atoms with Gasteiger partial charge in [-0.2, -0.15) is 0 Å². The van der Waals surface area contributed by atoms with Crippen molar-refractivity contribution in [2.45, 2.75) is 38.6 Å². The first-order valence-corrected chi connectivity index (χ1v) is 6.28. The molecule has 0 spiro atoms. The summed E-state index contributed by atoms with van der Waals surface area (Å²) in [6.07, 6.45) is 8.79. The third kappa shape index (κ3) is 2.68. The van der Waals surface area contributed by atoms with Gasteiger partial charge in [-0.05, 0) is 41.6 Å². The first kappa shape index (κ1) is 10.9. The maximum atomic E-state index is 4.22. The molecule has 82 valence electrons. The van der Waals surface area contributed by atoms with Crippen LogP contribution in [0.5, 0.6) is 0 Å². The van der Waals surface area contributed by atoms with E-state index in [-0.39, 0.29) is 0 Å². The van der Waals surface area contributed by atoms with Crippen LogP contribution in [0.1, 0.15) is 32.6 Å². The van der Waals surface area contributed by atoms with E-state index >= 15 is 0 Å². The van der Waals surface area contributed by atoms with E-state index in [9.17, 15) is 0 Å². The summed E-state index contributed by atoms with van der Waals surface area (Å²) in [6, 6.07) is 0.499. The lowest BCUT2D eigenvalue weighted by molar-refractivity contribution is 0.481. The van der Waals surface area contributed by atoms with Crippen molar-refractivity contribution in [1.29, 1.82) is 0 Å². The second-order valence-electron chi connectivity index (χ2n) is 4.20. The zero-order chi connectivity index (χ0) is 10.7. The van der Waals surface area contributed by atoms with Crippen LogP contribution in [0.15, 0.2) is 17.0 Å². The first-order valence-electron chi connectivity index (χ1n) is 5.49. The summed E-state index contributed by atoms with van der Waals surface area (Å²) in [5.74, 6) is 1.70. The highest BCUT2D eigenvalue weighted by Crippen LogP contribution is 2.29. The Morgan fingerprint density at radius 3 is 2.87 bits per heavy atom. The van der Waals surface area contributed by atoms with Gasteiger partial charge in [0.25, 0.3) is 0 Å². The van der Waals surface area contributed by atoms with Crippen LogP contribution in [-0.2, 0) is 0 Å². The van der Waals surface area contributed by atoms with Crippen LogP contribution in [0.25, 0.3) is 0 Å². The average Bonchev–Trinajstić information content (AvgIpc) is 2.74. The van der Waals surface area contributed by atoms with E-state index in [0.717, 1.165) is 16.2 Å². The molecule has 0 bridgehead atoms. The largest absolute Gasteiger partial charge is 0.366 e. The van der Waals surface area contributed by atoms with Gasteiger partial charge in [0.1, 0.15) is 12.1 Å². The molecule has 0 radical (unpaired) electrons. The summed E-state index contributed by atoms with van der Waals surface area (Å²) in [6.45, 7) is 2.24. The Morgan fingerprint density at radius 1 is 1.47 bits per heavy atom. The van der Waals surface area contributed by atoms with Crippen LogP contribution >= 0.6 is 15.9 Å². The van der Waals surface area contributed by atoms with E-state index in [2.05, 4.69) is 38.1 Å². The predicted octanol–water partition coefficient (Wildman–Crippen LogP) is 3.23. The third-order valence-corrected chi connectivity index (χ3v) is 3.72. The van der Waals surface area contributed by atoms with Gasteiger partial charge in [-0.1, -0.05) is 12.8 Å². The average molecular weight is 270 g/mol. The van der Waals surface area contributed by atoms with Crippen LogP contribution in [0, 0.1) is 5.92 Å². The normalized spacial score (nSPS) is 19.1. The molecule has 1 N–H and O–H groups in total. The van der Waals surface area contributed by atoms with Gasteiger partial charge in [0.05, 0.1) is 4.47 Å². The summed E-state index contributed by atoms with van der Waals surface area (Å²) in [4.78, 5) is 8.17. The maximum absolute atomic E-state index is 4.22. The van der Waals surface area contributed by atoms with Crippen LogP contribution in [0.2, 0.25) is 0 Å². The number of rotatable bonds is 3. The Kier molecular flexibility index (Phi) is 3.57. The molecule has 1 aliphatic rings. The van der Waals surface area contributed by atoms with Crippen molar-refractivity contribution in [3.05, 3.63) is 17.0 Å². The van der Waals surface area contributed by atoms with Gasteiger partial charge in [0.15, 0.2) is 0 Å². The Balaban J connectivity index is 1.99. The van der Waals surface area contributed by atoms with Crippen molar-refractivity contribution >= 4 is 21.7 Å². The maximum Gasteiger partial charge on any atom is 0.143 e. The van der Waals surface area contributed by atoms with Gasteiger partial charge in [-0.15, -0.1) is 0 Å². The highest BCUT2D eigenvalue weighted by atomic mass is 79.9. The van der Waals surface area contributed by atoms with Crippen molar-refractivity contribution in [2.75, 3.05) is 5.32 Å². The minimum atomic E-state index is 0.499. The SMILES string of the molecule is CC(Nc1ncncc1Br)C1CCCC1. The Morgan fingerprint density at radius 2 is 2.20 bits per heavy atom. The van der Waals surface area contributed by atoms with Gasteiger partial charge in [-0.3, -0.25) is 0 Å². The summed E-state index contributed by atoms with van der Waals surface area (Å²) >= 11 is 3.45. The number of nitrogens with zero attached hydrogens (tertiary/aromatic N) is 2. The quantitative estimate of drug-likeness (QED) is 0.916. The van der Waals surface area contributed by atoms with E-state index in [1.165, 1.54) is 25.7 Å². The lowest BCUT2D eigenvalue weighted by Crippen LogP contribution is -2.24. The van der Waals surface area contributed by atoms with Crippen molar-refractivity contribution < 1.29 is 0 Å². The molecule has 0 amide bonds. The molecule has 1 unspecified atom stereocenters. The second-order valence-corrected chi connectivity index (χ2v) is 5.05. The van der Waals surface area contributed by atoms with Crippen LogP contribution < -0.4 is 5.32 Å². The minimum Gasteiger partial charge on any atom is -0.366 e. The van der Waals surface area contributed by atoms with E-state index in [4.69, 9.17) is 0 Å². The molecule has 0 saturated heterocycles. The van der Waals surface area contributed by atoms with Crippen LogP contribution in [-0.4, -0.2) is 16.0 Å². The molecule has 1 aromatic rings. The van der Waals surface area contributed by atoms with Crippen molar-refractivity contribution in [2.24, 2.45) is 5.92 Å². The van der Waals surface area contributed by atoms with E-state index in [1.54, 1.807) is 12.5 Å². The van der Waals surface area contributed by atoms with Crippen molar-refractivity contribution in [3.8, 4) is 0 Å². The number of aromatic nitrogens is 2. The Bertz CT molecular complexity index is 323. The molecule has 2 rings (SSSR count). The summed E-state index contributed by atoms with van der Waals surface area (Å²) in [7, 11) is 0. The molecule has 3 nitrogen and oxygen atoms in total. The fourth-order valence-corrected chi connectivity index (χ4v) is 2.54. The van der Waals surface area contributed by atoms with Crippen molar-refractivity contribution in [3.63, 3.8) is 0 Å². The van der Waals surface area contributed by atoms with Crippen molar-refractivity contribution in [1.82, 2.24) is 9.97 Å². The fraction of sp³-hybridized carbons (Fsp3) is 0.636. The number of nitrogens with one attached hydrogen (secondary N) is 1. The van der Waals surface area contributed by atoms with Gasteiger partial charge in [0, 0.05) is 12.2 Å². The zero-order valence-corrected chi connectivity index (χ0v) is 10.5. The van der Waals surface area contributed by atoms with Gasteiger partial charge in [0.2, 0.25) is 0 Å². The minimum absolute atomic E-state index is 0.499. The lowest BCUT2D eigenvalue weighted by atomic mass is 10.00. The monoisotopic (exact) mass is 269 g/mol. The molecule has 4 heteroatoms. The molecule has 1 aromatic heterocycles. The highest BCUT2D eigenvalue weighted by Gasteiger charge is 2.21. The number of anilines is 1. The Hall–Kier alpha value is -0.640. The molecule has 1 heterocycles. The molecule has 1 atom stereocenters. The van der Waals surface area contributed by atoms with Gasteiger partial charge < -0.3 is 5.32 Å². The highest BCUT2D eigenvalue weighted by molar-refractivity contribution is 9.10. The standard InChI is InChI=1S/C11H16BrN3/c1-8(9-4-2-3-5-9)15-11-10(12)6-13-7-14-11/h6-9H,2-5H2,1H3,(H,13,14,15). The zero-order valence-electron chi connectivity index (χ0n) is 8.91. The van der Waals surface area contributed by atoms with Gasteiger partial charge in [-0.25, -0.2) is 9.97 Å². The van der Waals surface area contributed by atoms with E-state index in [0.29, 0.717) is 6.04 Å². The molecular formula is C11H16BrN3. The predicted molar refractivity (Wildman–Crippen MR) is 64.8 cm³/mol. The van der Waals surface area contributed by atoms with Gasteiger partial charge >= 0.3 is 0 Å². The number of hydrogen-bond acceptors (Lipinski definition) is 3. The summed E-state index contributed by atoms with van der Waals surface area (Å²) in [5.41, 5.74) is 0. The smallest absolute Gasteiger partial charge is 0.143 e. The van der Waals surface area contributed by atoms with Crippen LogP contribution in [0.4, 0.5) is 5.82 Å². The van der Waals surface area contributed by atoms with Crippen LogP contribution in [0.3, 0.4) is 0 Å². The third-order valence-electron chi connectivity index (χ3n) is 3.14. The molecule has 0 aromatic carbocycles. The fourth-order valence-electron chi connectivity index (χ4n) is 2.21. The summed E-state index contributed by atoms with van der Waals surface area (Å²) in [5, 5.41) is 3.45. The molecule has 15 heavy (non-hydrogen) atoms.